The number of rotatable bonds is 4. The maximum Gasteiger partial charge on any atom is 0.165 e. The summed E-state index contributed by atoms with van der Waals surface area (Å²) in [7, 11) is 0. The van der Waals surface area contributed by atoms with E-state index in [9.17, 15) is 8.78 Å². The highest BCUT2D eigenvalue weighted by atomic mass is 79.9. The molecule has 1 N–H and O–H groups in total. The van der Waals surface area contributed by atoms with E-state index in [2.05, 4.69) is 31.9 Å². The molecule has 0 aliphatic carbocycles. The van der Waals surface area contributed by atoms with Gasteiger partial charge in [-0.1, -0.05) is 12.1 Å². The van der Waals surface area contributed by atoms with E-state index in [1.165, 1.54) is 12.1 Å². The Labute approximate surface area is 131 Å². The summed E-state index contributed by atoms with van der Waals surface area (Å²) in [6.45, 7) is -0.199. The van der Waals surface area contributed by atoms with Crippen molar-refractivity contribution in [3.05, 3.63) is 62.0 Å². The average molecular weight is 408 g/mol. The largest absolute Gasteiger partial charge is 0.486 e. The Morgan fingerprint density at radius 3 is 2.35 bits per heavy atom. The molecule has 0 spiro atoms. The quantitative estimate of drug-likeness (QED) is 0.804. The molecular formula is C14H10Br2F2O2. The molecule has 0 saturated carbocycles. The maximum atomic E-state index is 13.5. The second kappa shape index (κ2) is 6.65. The van der Waals surface area contributed by atoms with Gasteiger partial charge < -0.3 is 9.84 Å². The van der Waals surface area contributed by atoms with E-state index >= 15 is 0 Å². The minimum Gasteiger partial charge on any atom is -0.486 e. The van der Waals surface area contributed by atoms with Crippen LogP contribution in [-0.2, 0) is 13.2 Å². The van der Waals surface area contributed by atoms with Gasteiger partial charge in [0.15, 0.2) is 11.6 Å². The van der Waals surface area contributed by atoms with Crippen LogP contribution in [0.3, 0.4) is 0 Å². The van der Waals surface area contributed by atoms with E-state index in [1.54, 1.807) is 12.1 Å². The predicted octanol–water partition coefficient (Wildman–Crippen LogP) is 4.56. The van der Waals surface area contributed by atoms with Crippen LogP contribution in [0.5, 0.6) is 5.75 Å². The summed E-state index contributed by atoms with van der Waals surface area (Å²) in [5.41, 5.74) is 0.836. The third kappa shape index (κ3) is 3.37. The molecule has 2 rings (SSSR count). The van der Waals surface area contributed by atoms with E-state index < -0.39 is 11.6 Å². The van der Waals surface area contributed by atoms with Gasteiger partial charge in [0.2, 0.25) is 0 Å². The average Bonchev–Trinajstić information content (AvgIpc) is 2.42. The normalized spacial score (nSPS) is 10.7. The third-order valence-electron chi connectivity index (χ3n) is 2.64. The minimum absolute atomic E-state index is 0.0980. The second-order valence-corrected chi connectivity index (χ2v) is 5.76. The van der Waals surface area contributed by atoms with E-state index in [0.29, 0.717) is 20.3 Å². The topological polar surface area (TPSA) is 29.5 Å². The molecule has 0 atom stereocenters. The Morgan fingerprint density at radius 2 is 1.75 bits per heavy atom. The highest BCUT2D eigenvalue weighted by Gasteiger charge is 2.12. The van der Waals surface area contributed by atoms with Crippen LogP contribution in [0.1, 0.15) is 11.1 Å². The number of halogens is 4. The van der Waals surface area contributed by atoms with E-state index in [4.69, 9.17) is 9.84 Å². The van der Waals surface area contributed by atoms with Gasteiger partial charge in [0.05, 0.1) is 15.6 Å². The van der Waals surface area contributed by atoms with Crippen molar-refractivity contribution in [2.45, 2.75) is 13.2 Å². The summed E-state index contributed by atoms with van der Waals surface area (Å²) in [5, 5.41) is 9.08. The van der Waals surface area contributed by atoms with Crippen molar-refractivity contribution in [3.63, 3.8) is 0 Å². The summed E-state index contributed by atoms with van der Waals surface area (Å²) in [5.74, 6) is -1.35. The lowest BCUT2D eigenvalue weighted by Crippen LogP contribution is -2.01. The van der Waals surface area contributed by atoms with Gasteiger partial charge >= 0.3 is 0 Å². The fraction of sp³-hybridized carbons (Fsp3) is 0.143. The Morgan fingerprint density at radius 1 is 1.10 bits per heavy atom. The van der Waals surface area contributed by atoms with Crippen molar-refractivity contribution in [1.82, 2.24) is 0 Å². The van der Waals surface area contributed by atoms with Crippen LogP contribution in [0.2, 0.25) is 0 Å². The molecule has 2 aromatic carbocycles. The van der Waals surface area contributed by atoms with Crippen molar-refractivity contribution in [1.29, 1.82) is 0 Å². The van der Waals surface area contributed by atoms with Crippen LogP contribution in [0.25, 0.3) is 0 Å². The first kappa shape index (κ1) is 15.4. The summed E-state index contributed by atoms with van der Waals surface area (Å²) < 4.78 is 33.3. The Kier molecular flexibility index (Phi) is 5.12. The highest BCUT2D eigenvalue weighted by Crippen LogP contribution is 2.35. The molecule has 2 aromatic rings. The molecule has 0 fully saturated rings. The zero-order chi connectivity index (χ0) is 14.7. The molecule has 0 unspecified atom stereocenters. The zero-order valence-corrected chi connectivity index (χ0v) is 13.3. The summed E-state index contributed by atoms with van der Waals surface area (Å²) in [6, 6.07) is 7.34. The lowest BCUT2D eigenvalue weighted by Gasteiger charge is -2.12. The summed E-state index contributed by atoms with van der Waals surface area (Å²) >= 11 is 6.62. The van der Waals surface area contributed by atoms with Gasteiger partial charge in [-0.05, 0) is 55.6 Å². The highest BCUT2D eigenvalue weighted by molar-refractivity contribution is 9.11. The summed E-state index contributed by atoms with van der Waals surface area (Å²) in [4.78, 5) is 0. The first-order valence-electron chi connectivity index (χ1n) is 5.67. The van der Waals surface area contributed by atoms with Gasteiger partial charge in [0.25, 0.3) is 0 Å². The van der Waals surface area contributed by atoms with Crippen LogP contribution in [0, 0.1) is 11.6 Å². The number of hydrogen-bond acceptors (Lipinski definition) is 2. The van der Waals surface area contributed by atoms with E-state index in [0.717, 1.165) is 6.07 Å². The number of aliphatic hydroxyl groups is 1. The predicted molar refractivity (Wildman–Crippen MR) is 78.5 cm³/mol. The lowest BCUT2D eigenvalue weighted by molar-refractivity contribution is 0.279. The fourth-order valence-electron chi connectivity index (χ4n) is 1.65. The Bertz CT molecular complexity index is 610. The van der Waals surface area contributed by atoms with Crippen LogP contribution < -0.4 is 4.74 Å². The monoisotopic (exact) mass is 406 g/mol. The first-order chi connectivity index (χ1) is 9.52. The van der Waals surface area contributed by atoms with Gasteiger partial charge in [-0.15, -0.1) is 0 Å². The molecule has 0 radical (unpaired) electrons. The molecule has 0 aliphatic heterocycles. The zero-order valence-electron chi connectivity index (χ0n) is 10.2. The molecule has 0 heterocycles. The molecule has 0 aromatic heterocycles. The Hall–Kier alpha value is -0.980. The number of ether oxygens (including phenoxy) is 1. The molecule has 0 saturated heterocycles. The van der Waals surface area contributed by atoms with Gasteiger partial charge in [-0.3, -0.25) is 0 Å². The number of aliphatic hydroxyl groups excluding tert-OH is 1. The standard InChI is InChI=1S/C14H10Br2F2O2/c15-10-4-8(6-19)5-11(16)14(10)20-7-9-2-1-3-12(17)13(9)18/h1-5,19H,6-7H2. The molecule has 0 aliphatic rings. The Balaban J connectivity index is 2.21. The van der Waals surface area contributed by atoms with Crippen molar-refractivity contribution < 1.29 is 18.6 Å². The van der Waals surface area contributed by atoms with E-state index in [1.807, 2.05) is 0 Å². The van der Waals surface area contributed by atoms with Crippen LogP contribution >= 0.6 is 31.9 Å². The van der Waals surface area contributed by atoms with Crippen molar-refractivity contribution in [2.75, 3.05) is 0 Å². The third-order valence-corrected chi connectivity index (χ3v) is 3.82. The van der Waals surface area contributed by atoms with Crippen LogP contribution in [-0.4, -0.2) is 5.11 Å². The fourth-order valence-corrected chi connectivity index (χ4v) is 3.16. The molecule has 6 heteroatoms. The van der Waals surface area contributed by atoms with Crippen molar-refractivity contribution in [2.24, 2.45) is 0 Å². The van der Waals surface area contributed by atoms with E-state index in [-0.39, 0.29) is 18.8 Å². The molecular weight excluding hydrogens is 398 g/mol. The lowest BCUT2D eigenvalue weighted by atomic mass is 10.2. The maximum absolute atomic E-state index is 13.5. The minimum atomic E-state index is -0.910. The smallest absolute Gasteiger partial charge is 0.165 e. The van der Waals surface area contributed by atoms with Gasteiger partial charge in [0.1, 0.15) is 12.4 Å². The summed E-state index contributed by atoms with van der Waals surface area (Å²) in [6.07, 6.45) is 0. The van der Waals surface area contributed by atoms with Crippen LogP contribution in [0.4, 0.5) is 8.78 Å². The second-order valence-electron chi connectivity index (χ2n) is 4.05. The molecule has 20 heavy (non-hydrogen) atoms. The molecule has 106 valence electrons. The molecule has 0 amide bonds. The van der Waals surface area contributed by atoms with Gasteiger partial charge in [0, 0.05) is 5.56 Å². The van der Waals surface area contributed by atoms with Gasteiger partial charge in [-0.25, -0.2) is 8.78 Å². The van der Waals surface area contributed by atoms with Crippen LogP contribution in [0.15, 0.2) is 39.3 Å². The SMILES string of the molecule is OCc1cc(Br)c(OCc2cccc(F)c2F)c(Br)c1. The van der Waals surface area contributed by atoms with Gasteiger partial charge in [-0.2, -0.15) is 0 Å². The van der Waals surface area contributed by atoms with Crippen molar-refractivity contribution in [3.8, 4) is 5.75 Å². The molecule has 0 bridgehead atoms. The van der Waals surface area contributed by atoms with Crippen molar-refractivity contribution >= 4 is 31.9 Å². The molecule has 2 nitrogen and oxygen atoms in total. The number of benzene rings is 2. The first-order valence-corrected chi connectivity index (χ1v) is 7.26. The number of hydrogen-bond donors (Lipinski definition) is 1.